The van der Waals surface area contributed by atoms with Gasteiger partial charge in [-0.1, -0.05) is 18.2 Å². The van der Waals surface area contributed by atoms with Crippen molar-refractivity contribution < 1.29 is 26.7 Å². The van der Waals surface area contributed by atoms with Crippen LogP contribution in [0, 0.1) is 0 Å². The summed E-state index contributed by atoms with van der Waals surface area (Å²) in [5, 5.41) is 0. The molecule has 15 heavy (non-hydrogen) atoms. The summed E-state index contributed by atoms with van der Waals surface area (Å²) < 4.78 is 64.4. The van der Waals surface area contributed by atoms with Crippen LogP contribution < -0.4 is 4.74 Å². The lowest BCUT2D eigenvalue weighted by molar-refractivity contribution is -0.159. The van der Waals surface area contributed by atoms with Crippen LogP contribution in [0.5, 0.6) is 5.75 Å². The van der Waals surface area contributed by atoms with Crippen LogP contribution >= 0.6 is 0 Å². The van der Waals surface area contributed by atoms with Gasteiger partial charge in [-0.05, 0) is 12.1 Å². The summed E-state index contributed by atoms with van der Waals surface area (Å²) in [6, 6.07) is 6.39. The van der Waals surface area contributed by atoms with Crippen LogP contribution in [0.15, 0.2) is 42.2 Å². The molecule has 6 heteroatoms. The smallest absolute Gasteiger partial charge is 0.427 e. The van der Waals surface area contributed by atoms with Gasteiger partial charge in [0.15, 0.2) is 0 Å². The molecule has 0 N–H and O–H groups in total. The molecule has 1 rings (SSSR count). The Labute approximate surface area is 81.8 Å². The van der Waals surface area contributed by atoms with E-state index in [2.05, 4.69) is 4.74 Å². The minimum atomic E-state index is -4.65. The fourth-order valence-electron chi connectivity index (χ4n) is 0.791. The van der Waals surface area contributed by atoms with E-state index < -0.39 is 23.8 Å². The standard InChI is InChI=1S/C9H5F5O/c10-7(8(11)12)9(13,14)15-6-4-2-1-3-5-6/h1-5H. The molecule has 0 saturated heterocycles. The Bertz CT molecular complexity index is 356. The molecule has 0 amide bonds. The number of benzene rings is 1. The van der Waals surface area contributed by atoms with Gasteiger partial charge in [0.1, 0.15) is 5.75 Å². The summed E-state index contributed by atoms with van der Waals surface area (Å²) in [6.07, 6.45) is -7.75. The van der Waals surface area contributed by atoms with E-state index in [9.17, 15) is 22.0 Å². The second-order valence-corrected chi connectivity index (χ2v) is 2.51. The Morgan fingerprint density at radius 3 is 2.00 bits per heavy atom. The van der Waals surface area contributed by atoms with Crippen molar-refractivity contribution in [3.63, 3.8) is 0 Å². The first-order chi connectivity index (χ1) is 6.93. The van der Waals surface area contributed by atoms with E-state index in [0.717, 1.165) is 12.1 Å². The predicted molar refractivity (Wildman–Crippen MR) is 42.4 cm³/mol. The fourth-order valence-corrected chi connectivity index (χ4v) is 0.791. The maximum Gasteiger partial charge on any atom is 0.459 e. The van der Waals surface area contributed by atoms with Crippen molar-refractivity contribution in [3.8, 4) is 5.75 Å². The van der Waals surface area contributed by atoms with Gasteiger partial charge in [0.05, 0.1) is 0 Å². The molecule has 0 heterocycles. The van der Waals surface area contributed by atoms with E-state index in [4.69, 9.17) is 0 Å². The quantitative estimate of drug-likeness (QED) is 0.710. The molecular weight excluding hydrogens is 219 g/mol. The Kier molecular flexibility index (Phi) is 3.28. The zero-order valence-corrected chi connectivity index (χ0v) is 7.18. The summed E-state index contributed by atoms with van der Waals surface area (Å²) in [5.41, 5.74) is 0. The summed E-state index contributed by atoms with van der Waals surface area (Å²) in [6.45, 7) is 0. The van der Waals surface area contributed by atoms with Gasteiger partial charge in [0, 0.05) is 0 Å². The number of rotatable bonds is 3. The Morgan fingerprint density at radius 2 is 1.53 bits per heavy atom. The molecule has 1 nitrogen and oxygen atoms in total. The molecule has 0 radical (unpaired) electrons. The molecule has 0 spiro atoms. The molecule has 0 aliphatic heterocycles. The number of para-hydroxylation sites is 1. The predicted octanol–water partition coefficient (Wildman–Crippen LogP) is 3.74. The van der Waals surface area contributed by atoms with Crippen molar-refractivity contribution in [2.24, 2.45) is 0 Å². The van der Waals surface area contributed by atoms with Crippen molar-refractivity contribution in [2.45, 2.75) is 6.11 Å². The maximum absolute atomic E-state index is 12.6. The highest BCUT2D eigenvalue weighted by molar-refractivity contribution is 5.22. The van der Waals surface area contributed by atoms with E-state index in [1.165, 1.54) is 18.2 Å². The largest absolute Gasteiger partial charge is 0.459 e. The first-order valence-electron chi connectivity index (χ1n) is 3.76. The molecular formula is C9H5F5O. The van der Waals surface area contributed by atoms with Crippen LogP contribution in [0.4, 0.5) is 22.0 Å². The molecule has 0 atom stereocenters. The van der Waals surface area contributed by atoms with Gasteiger partial charge in [0.25, 0.3) is 5.83 Å². The number of halogens is 5. The van der Waals surface area contributed by atoms with Gasteiger partial charge >= 0.3 is 12.2 Å². The third-order valence-electron chi connectivity index (χ3n) is 1.41. The Balaban J connectivity index is 2.87. The molecule has 0 aliphatic rings. The summed E-state index contributed by atoms with van der Waals surface area (Å²) in [5.74, 6) is -3.29. The van der Waals surface area contributed by atoms with Gasteiger partial charge < -0.3 is 4.74 Å². The van der Waals surface area contributed by atoms with Gasteiger partial charge in [-0.15, -0.1) is 0 Å². The van der Waals surface area contributed by atoms with Crippen LogP contribution in [-0.2, 0) is 0 Å². The number of alkyl halides is 2. The van der Waals surface area contributed by atoms with Crippen molar-refractivity contribution in [3.05, 3.63) is 42.2 Å². The zero-order chi connectivity index (χ0) is 11.5. The highest BCUT2D eigenvalue weighted by Gasteiger charge is 2.42. The van der Waals surface area contributed by atoms with E-state index >= 15 is 0 Å². The fraction of sp³-hybridized carbons (Fsp3) is 0.111. The normalized spacial score (nSPS) is 11.0. The molecule has 0 unspecified atom stereocenters. The third-order valence-corrected chi connectivity index (χ3v) is 1.41. The number of hydrogen-bond acceptors (Lipinski definition) is 1. The topological polar surface area (TPSA) is 9.23 Å². The van der Waals surface area contributed by atoms with Crippen LogP contribution in [-0.4, -0.2) is 6.11 Å². The van der Waals surface area contributed by atoms with Gasteiger partial charge in [-0.2, -0.15) is 22.0 Å². The third kappa shape index (κ3) is 2.93. The lowest BCUT2D eigenvalue weighted by Crippen LogP contribution is -2.26. The minimum absolute atomic E-state index is 0.404. The van der Waals surface area contributed by atoms with Gasteiger partial charge in [-0.25, -0.2) is 0 Å². The lowest BCUT2D eigenvalue weighted by Gasteiger charge is -2.14. The maximum atomic E-state index is 12.6. The molecule has 0 aromatic heterocycles. The van der Waals surface area contributed by atoms with E-state index in [1.807, 2.05) is 0 Å². The average Bonchev–Trinajstić information content (AvgIpc) is 2.17. The SMILES string of the molecule is FC(F)=C(F)C(F)(F)Oc1ccccc1. The first-order valence-corrected chi connectivity index (χ1v) is 3.76. The van der Waals surface area contributed by atoms with Crippen molar-refractivity contribution in [1.29, 1.82) is 0 Å². The number of ether oxygens (including phenoxy) is 1. The summed E-state index contributed by atoms with van der Waals surface area (Å²) in [4.78, 5) is 0. The zero-order valence-electron chi connectivity index (χ0n) is 7.18. The van der Waals surface area contributed by atoms with Crippen LogP contribution in [0.1, 0.15) is 0 Å². The number of hydrogen-bond donors (Lipinski definition) is 0. The monoisotopic (exact) mass is 224 g/mol. The second kappa shape index (κ2) is 4.29. The molecule has 0 bridgehead atoms. The highest BCUT2D eigenvalue weighted by atomic mass is 19.3. The van der Waals surface area contributed by atoms with E-state index in [-0.39, 0.29) is 0 Å². The summed E-state index contributed by atoms with van der Waals surface area (Å²) in [7, 11) is 0. The average molecular weight is 224 g/mol. The van der Waals surface area contributed by atoms with Gasteiger partial charge in [-0.3, -0.25) is 0 Å². The van der Waals surface area contributed by atoms with E-state index in [0.29, 0.717) is 0 Å². The molecule has 0 aliphatic carbocycles. The molecule has 0 fully saturated rings. The lowest BCUT2D eigenvalue weighted by atomic mass is 10.3. The van der Waals surface area contributed by atoms with Gasteiger partial charge in [0.2, 0.25) is 0 Å². The minimum Gasteiger partial charge on any atom is -0.427 e. The van der Waals surface area contributed by atoms with Crippen molar-refractivity contribution in [1.82, 2.24) is 0 Å². The molecule has 82 valence electrons. The van der Waals surface area contributed by atoms with Crippen LogP contribution in [0.2, 0.25) is 0 Å². The highest BCUT2D eigenvalue weighted by Crippen LogP contribution is 2.31. The van der Waals surface area contributed by atoms with Crippen molar-refractivity contribution in [2.75, 3.05) is 0 Å². The Morgan fingerprint density at radius 1 is 1.00 bits per heavy atom. The van der Waals surface area contributed by atoms with Crippen LogP contribution in [0.25, 0.3) is 0 Å². The van der Waals surface area contributed by atoms with E-state index in [1.54, 1.807) is 0 Å². The Hall–Kier alpha value is -1.59. The second-order valence-electron chi connectivity index (χ2n) is 2.51. The summed E-state index contributed by atoms with van der Waals surface area (Å²) >= 11 is 0. The first kappa shape index (κ1) is 11.5. The van der Waals surface area contributed by atoms with Crippen LogP contribution in [0.3, 0.4) is 0 Å². The molecule has 0 saturated carbocycles. The molecule has 1 aromatic carbocycles. The molecule has 1 aromatic rings. The van der Waals surface area contributed by atoms with Crippen molar-refractivity contribution >= 4 is 0 Å².